The largest absolute Gasteiger partial charge is 0.481 e. The number of amides is 3. The summed E-state index contributed by atoms with van der Waals surface area (Å²) in [6, 6.07) is -5.70. The van der Waals surface area contributed by atoms with E-state index in [1.165, 1.54) is 12.5 Å². The van der Waals surface area contributed by atoms with E-state index in [-0.39, 0.29) is 44.6 Å². The van der Waals surface area contributed by atoms with Gasteiger partial charge in [-0.2, -0.15) is 0 Å². The van der Waals surface area contributed by atoms with E-state index < -0.39 is 66.2 Å². The number of carboxylic acids is 3. The number of guanidine groups is 1. The summed E-state index contributed by atoms with van der Waals surface area (Å²) >= 11 is 0. The van der Waals surface area contributed by atoms with Gasteiger partial charge in [-0.05, 0) is 19.3 Å². The molecule has 0 radical (unpaired) electrons. The second kappa shape index (κ2) is 16.2. The van der Waals surface area contributed by atoms with Crippen molar-refractivity contribution >= 4 is 41.6 Å². The minimum Gasteiger partial charge on any atom is -0.481 e. The maximum absolute atomic E-state index is 13.2. The van der Waals surface area contributed by atoms with Gasteiger partial charge in [0.1, 0.15) is 18.1 Å². The molecule has 18 heteroatoms. The molecule has 1 aromatic heterocycles. The average molecular weight is 556 g/mol. The summed E-state index contributed by atoms with van der Waals surface area (Å²) in [5, 5.41) is 33.9. The molecular weight excluding hydrogens is 522 g/mol. The summed E-state index contributed by atoms with van der Waals surface area (Å²) < 4.78 is 0. The van der Waals surface area contributed by atoms with Crippen molar-refractivity contribution in [1.82, 2.24) is 25.9 Å². The standard InChI is InChI=1S/C21H33N9O9/c22-11(3-4-15(31)32)17(35)28-12(2-1-5-26-21(23)24)18(36)29-13(6-10-8-25-9-27-10)19(37)30-14(20(38)39)7-16(33)34/h8-9,11-14H,1-7,22H2,(H,25,27)(H,28,35)(H,29,36)(H,30,37)(H,31,32)(H,33,34)(H,38,39)(H4,23,24,26). The third-order valence-corrected chi connectivity index (χ3v) is 5.19. The number of rotatable bonds is 18. The van der Waals surface area contributed by atoms with E-state index in [0.29, 0.717) is 5.69 Å². The van der Waals surface area contributed by atoms with Crippen LogP contribution in [-0.2, 0) is 35.2 Å². The third-order valence-electron chi connectivity index (χ3n) is 5.19. The molecule has 39 heavy (non-hydrogen) atoms. The van der Waals surface area contributed by atoms with Crippen LogP contribution in [0.3, 0.4) is 0 Å². The van der Waals surface area contributed by atoms with Gasteiger partial charge in [0.25, 0.3) is 0 Å². The summed E-state index contributed by atoms with van der Waals surface area (Å²) in [7, 11) is 0. The van der Waals surface area contributed by atoms with Crippen molar-refractivity contribution in [2.75, 3.05) is 6.54 Å². The smallest absolute Gasteiger partial charge is 0.326 e. The van der Waals surface area contributed by atoms with Crippen LogP contribution in [0, 0.1) is 0 Å². The Bertz CT molecular complexity index is 1040. The van der Waals surface area contributed by atoms with Crippen molar-refractivity contribution in [3.8, 4) is 0 Å². The molecule has 0 spiro atoms. The number of nitrogens with one attached hydrogen (secondary N) is 4. The molecule has 0 aromatic carbocycles. The van der Waals surface area contributed by atoms with Crippen molar-refractivity contribution in [3.05, 3.63) is 18.2 Å². The van der Waals surface area contributed by atoms with Crippen LogP contribution in [0.2, 0.25) is 0 Å². The third kappa shape index (κ3) is 12.9. The molecule has 18 nitrogen and oxygen atoms in total. The molecule has 0 bridgehead atoms. The number of aliphatic carboxylic acids is 3. The predicted octanol–water partition coefficient (Wildman–Crippen LogP) is -3.79. The molecule has 0 aliphatic carbocycles. The first-order valence-electron chi connectivity index (χ1n) is 11.7. The molecule has 4 atom stereocenters. The van der Waals surface area contributed by atoms with E-state index >= 15 is 0 Å². The van der Waals surface area contributed by atoms with Crippen LogP contribution in [0.1, 0.15) is 37.8 Å². The van der Waals surface area contributed by atoms with Crippen LogP contribution in [0.25, 0.3) is 0 Å². The monoisotopic (exact) mass is 555 g/mol. The second-order valence-electron chi connectivity index (χ2n) is 8.39. The highest BCUT2D eigenvalue weighted by Gasteiger charge is 2.31. The Morgan fingerprint density at radius 3 is 2.05 bits per heavy atom. The number of H-pyrrole nitrogens is 1. The first-order chi connectivity index (χ1) is 18.3. The highest BCUT2D eigenvalue weighted by atomic mass is 16.4. The number of aromatic nitrogens is 2. The van der Waals surface area contributed by atoms with E-state index in [0.717, 1.165) is 0 Å². The van der Waals surface area contributed by atoms with Crippen LogP contribution in [-0.4, -0.2) is 97.6 Å². The van der Waals surface area contributed by atoms with Crippen molar-refractivity contribution in [2.45, 2.75) is 62.7 Å². The first-order valence-corrected chi connectivity index (χ1v) is 11.7. The van der Waals surface area contributed by atoms with Gasteiger partial charge in [-0.15, -0.1) is 0 Å². The fourth-order valence-corrected chi connectivity index (χ4v) is 3.21. The predicted molar refractivity (Wildman–Crippen MR) is 133 cm³/mol. The lowest BCUT2D eigenvalue weighted by Crippen LogP contribution is -2.57. The van der Waals surface area contributed by atoms with E-state index in [1.807, 2.05) is 0 Å². The fraction of sp³-hybridized carbons (Fsp3) is 0.524. The van der Waals surface area contributed by atoms with Gasteiger partial charge in [0, 0.05) is 31.3 Å². The molecule has 1 aromatic rings. The maximum atomic E-state index is 13.2. The topological polar surface area (TPSA) is 318 Å². The summed E-state index contributed by atoms with van der Waals surface area (Å²) in [4.78, 5) is 82.1. The lowest BCUT2D eigenvalue weighted by atomic mass is 10.1. The number of nitrogens with two attached hydrogens (primary N) is 3. The number of hydrogen-bond acceptors (Lipinski definition) is 9. The van der Waals surface area contributed by atoms with Crippen LogP contribution >= 0.6 is 0 Å². The highest BCUT2D eigenvalue weighted by Crippen LogP contribution is 2.06. The number of nitrogens with zero attached hydrogens (tertiary/aromatic N) is 2. The molecule has 4 unspecified atom stereocenters. The summed E-state index contributed by atoms with van der Waals surface area (Å²) in [5.74, 6) is -7.11. The zero-order valence-corrected chi connectivity index (χ0v) is 20.8. The number of carboxylic acid groups (broad SMARTS) is 3. The molecule has 13 N–H and O–H groups in total. The Labute approximate surface area is 221 Å². The number of aromatic amines is 1. The van der Waals surface area contributed by atoms with Crippen LogP contribution in [0.5, 0.6) is 0 Å². The van der Waals surface area contributed by atoms with E-state index in [1.54, 1.807) is 0 Å². The van der Waals surface area contributed by atoms with Gasteiger partial charge < -0.3 is 53.5 Å². The van der Waals surface area contributed by atoms with Crippen LogP contribution in [0.4, 0.5) is 0 Å². The Morgan fingerprint density at radius 1 is 0.897 bits per heavy atom. The van der Waals surface area contributed by atoms with Crippen molar-refractivity contribution in [2.24, 2.45) is 22.2 Å². The lowest BCUT2D eigenvalue weighted by Gasteiger charge is -2.25. The van der Waals surface area contributed by atoms with Gasteiger partial charge in [0.05, 0.1) is 18.8 Å². The Morgan fingerprint density at radius 2 is 1.51 bits per heavy atom. The van der Waals surface area contributed by atoms with E-state index in [4.69, 9.17) is 27.4 Å². The molecule has 216 valence electrons. The Balaban J connectivity index is 3.10. The molecule has 0 saturated carbocycles. The normalized spacial score (nSPS) is 13.7. The summed E-state index contributed by atoms with van der Waals surface area (Å²) in [6.07, 6.45) is 1.16. The van der Waals surface area contributed by atoms with Gasteiger partial charge in [0.2, 0.25) is 17.7 Å². The molecule has 0 saturated heterocycles. The maximum Gasteiger partial charge on any atom is 0.326 e. The zero-order chi connectivity index (χ0) is 29.5. The minimum atomic E-state index is -1.78. The average Bonchev–Trinajstić information content (AvgIpc) is 3.35. The van der Waals surface area contributed by atoms with Gasteiger partial charge in [0.15, 0.2) is 5.96 Å². The number of carbonyl (C=O) groups excluding carboxylic acids is 3. The van der Waals surface area contributed by atoms with E-state index in [9.17, 15) is 33.9 Å². The van der Waals surface area contributed by atoms with Crippen molar-refractivity contribution in [1.29, 1.82) is 0 Å². The summed E-state index contributed by atoms with van der Waals surface area (Å²) in [5.41, 5.74) is 16.7. The molecule has 3 amide bonds. The quantitative estimate of drug-likeness (QED) is 0.0472. The number of hydrogen-bond donors (Lipinski definition) is 10. The van der Waals surface area contributed by atoms with Crippen molar-refractivity contribution in [3.63, 3.8) is 0 Å². The molecule has 0 aliphatic heterocycles. The summed E-state index contributed by atoms with van der Waals surface area (Å²) in [6.45, 7) is 0.0978. The number of carbonyl (C=O) groups is 6. The SMILES string of the molecule is NC(N)=NCCCC(NC(=O)C(N)CCC(=O)O)C(=O)NC(Cc1cnc[nH]1)C(=O)NC(CC(=O)O)C(=O)O. The fourth-order valence-electron chi connectivity index (χ4n) is 3.21. The molecular formula is C21H33N9O9. The van der Waals surface area contributed by atoms with Crippen LogP contribution < -0.4 is 33.2 Å². The van der Waals surface area contributed by atoms with Crippen LogP contribution in [0.15, 0.2) is 17.5 Å². The molecule has 1 rings (SSSR count). The van der Waals surface area contributed by atoms with E-state index in [2.05, 4.69) is 30.9 Å². The minimum absolute atomic E-state index is 0.0187. The Kier molecular flexibility index (Phi) is 13.4. The number of aliphatic imine (C=N–C) groups is 1. The van der Waals surface area contributed by atoms with Gasteiger partial charge in [-0.3, -0.25) is 29.0 Å². The van der Waals surface area contributed by atoms with Gasteiger partial charge in [-0.25, -0.2) is 9.78 Å². The first kappa shape index (κ1) is 32.3. The zero-order valence-electron chi connectivity index (χ0n) is 20.8. The lowest BCUT2D eigenvalue weighted by molar-refractivity contribution is -0.147. The molecule has 0 aliphatic rings. The molecule has 1 heterocycles. The second-order valence-corrected chi connectivity index (χ2v) is 8.39. The highest BCUT2D eigenvalue weighted by molar-refractivity contribution is 5.94. The number of imidazole rings is 1. The van der Waals surface area contributed by atoms with Gasteiger partial charge >= 0.3 is 17.9 Å². The Hall–Kier alpha value is -4.74. The van der Waals surface area contributed by atoms with Crippen molar-refractivity contribution < 1.29 is 44.1 Å². The van der Waals surface area contributed by atoms with Gasteiger partial charge in [-0.1, -0.05) is 0 Å². The molecule has 0 fully saturated rings.